The quantitative estimate of drug-likeness (QED) is 0.421. The molecule has 7 heteroatoms. The number of H-pyrrole nitrogens is 1. The summed E-state index contributed by atoms with van der Waals surface area (Å²) in [7, 11) is 0. The topological polar surface area (TPSA) is 70.6 Å². The lowest BCUT2D eigenvalue weighted by Gasteiger charge is -2.32. The summed E-state index contributed by atoms with van der Waals surface area (Å²) >= 11 is 0. The van der Waals surface area contributed by atoms with E-state index in [1.54, 1.807) is 4.90 Å². The van der Waals surface area contributed by atoms with Gasteiger partial charge in [0.2, 0.25) is 0 Å². The number of amides is 1. The van der Waals surface area contributed by atoms with Gasteiger partial charge in [-0.2, -0.15) is 0 Å². The SMILES string of the molecule is O=C(OCCN(Cc1ccccc1)c1ccccc1)N1CCC(n2c(=O)[nH]c3ccccc32)CC1. The van der Waals surface area contributed by atoms with Gasteiger partial charge in [-0.05, 0) is 42.7 Å². The molecule has 1 amide bonds. The lowest BCUT2D eigenvalue weighted by atomic mass is 10.0. The van der Waals surface area contributed by atoms with E-state index in [1.807, 2.05) is 65.2 Å². The molecule has 0 bridgehead atoms. The molecule has 0 spiro atoms. The molecule has 5 rings (SSSR count). The number of fused-ring (bicyclic) bond motifs is 1. The third-order valence-corrected chi connectivity index (χ3v) is 6.64. The Bertz CT molecular complexity index is 1310. The van der Waals surface area contributed by atoms with Crippen molar-refractivity contribution in [2.45, 2.75) is 25.4 Å². The Labute approximate surface area is 204 Å². The van der Waals surface area contributed by atoms with Gasteiger partial charge in [-0.25, -0.2) is 9.59 Å². The Hall–Kier alpha value is -4.00. The molecule has 2 heterocycles. The van der Waals surface area contributed by atoms with Crippen molar-refractivity contribution >= 4 is 22.8 Å². The second-order valence-corrected chi connectivity index (χ2v) is 8.89. The van der Waals surface area contributed by atoms with Crippen molar-refractivity contribution in [1.82, 2.24) is 14.5 Å². The molecule has 1 N–H and O–H groups in total. The second kappa shape index (κ2) is 10.5. The van der Waals surface area contributed by atoms with E-state index in [1.165, 1.54) is 5.56 Å². The molecule has 1 aliphatic heterocycles. The first-order valence-electron chi connectivity index (χ1n) is 12.1. The number of nitrogens with one attached hydrogen (secondary N) is 1. The number of likely N-dealkylation sites (tertiary alicyclic amines) is 1. The molecule has 0 atom stereocenters. The molecule has 1 saturated heterocycles. The number of hydrogen-bond acceptors (Lipinski definition) is 4. The summed E-state index contributed by atoms with van der Waals surface area (Å²) in [6, 6.07) is 28.3. The molecule has 0 radical (unpaired) electrons. The Morgan fingerprint density at radius 1 is 0.914 bits per heavy atom. The molecule has 1 fully saturated rings. The molecule has 0 saturated carbocycles. The molecule has 180 valence electrons. The highest BCUT2D eigenvalue weighted by atomic mass is 16.6. The number of ether oxygens (including phenoxy) is 1. The summed E-state index contributed by atoms with van der Waals surface area (Å²) < 4.78 is 7.49. The Morgan fingerprint density at radius 3 is 2.31 bits per heavy atom. The van der Waals surface area contributed by atoms with Crippen LogP contribution in [0, 0.1) is 0 Å². The van der Waals surface area contributed by atoms with E-state index in [4.69, 9.17) is 4.74 Å². The minimum absolute atomic E-state index is 0.0714. The number of aromatic amines is 1. The van der Waals surface area contributed by atoms with E-state index in [9.17, 15) is 9.59 Å². The molecule has 7 nitrogen and oxygen atoms in total. The molecule has 3 aromatic carbocycles. The zero-order valence-electron chi connectivity index (χ0n) is 19.7. The first-order valence-corrected chi connectivity index (χ1v) is 12.1. The van der Waals surface area contributed by atoms with Gasteiger partial charge in [0.1, 0.15) is 6.61 Å². The van der Waals surface area contributed by atoms with Crippen LogP contribution in [0.3, 0.4) is 0 Å². The average Bonchev–Trinajstić information content (AvgIpc) is 3.25. The monoisotopic (exact) mass is 470 g/mol. The number of carbonyl (C=O) groups excluding carboxylic acids is 1. The molecule has 0 unspecified atom stereocenters. The van der Waals surface area contributed by atoms with Crippen molar-refractivity contribution < 1.29 is 9.53 Å². The van der Waals surface area contributed by atoms with Gasteiger partial charge in [0, 0.05) is 31.4 Å². The van der Waals surface area contributed by atoms with Crippen LogP contribution in [0.4, 0.5) is 10.5 Å². The highest BCUT2D eigenvalue weighted by Gasteiger charge is 2.27. The molecule has 4 aromatic rings. The van der Waals surface area contributed by atoms with Crippen LogP contribution >= 0.6 is 0 Å². The van der Waals surface area contributed by atoms with Crippen LogP contribution in [-0.4, -0.2) is 46.8 Å². The van der Waals surface area contributed by atoms with Crippen molar-refractivity contribution in [2.24, 2.45) is 0 Å². The van der Waals surface area contributed by atoms with Gasteiger partial charge in [-0.3, -0.25) is 4.57 Å². The van der Waals surface area contributed by atoms with Gasteiger partial charge < -0.3 is 19.5 Å². The van der Waals surface area contributed by atoms with Crippen LogP contribution in [-0.2, 0) is 11.3 Å². The fraction of sp³-hybridized carbons (Fsp3) is 0.286. The summed E-state index contributed by atoms with van der Waals surface area (Å²) in [5.41, 5.74) is 3.97. The Kier molecular flexibility index (Phi) is 6.84. The van der Waals surface area contributed by atoms with Crippen LogP contribution in [0.5, 0.6) is 0 Å². The average molecular weight is 471 g/mol. The van der Waals surface area contributed by atoms with Crippen LogP contribution in [0.1, 0.15) is 24.4 Å². The summed E-state index contributed by atoms with van der Waals surface area (Å²) in [6.45, 7) is 2.80. The van der Waals surface area contributed by atoms with Gasteiger partial charge >= 0.3 is 11.8 Å². The number of hydrogen-bond donors (Lipinski definition) is 1. The lowest BCUT2D eigenvalue weighted by Crippen LogP contribution is -2.41. The molecular formula is C28H30N4O3. The number of anilines is 1. The number of aromatic nitrogens is 2. The van der Waals surface area contributed by atoms with E-state index in [0.717, 1.165) is 36.1 Å². The third-order valence-electron chi connectivity index (χ3n) is 6.64. The smallest absolute Gasteiger partial charge is 0.409 e. The van der Waals surface area contributed by atoms with Gasteiger partial charge in [-0.1, -0.05) is 60.7 Å². The molecule has 1 aromatic heterocycles. The van der Waals surface area contributed by atoms with Gasteiger partial charge in [-0.15, -0.1) is 0 Å². The first kappa shape index (κ1) is 22.8. The van der Waals surface area contributed by atoms with E-state index in [2.05, 4.69) is 34.1 Å². The predicted octanol–water partition coefficient (Wildman–Crippen LogP) is 4.81. The van der Waals surface area contributed by atoms with Crippen molar-refractivity contribution in [1.29, 1.82) is 0 Å². The van der Waals surface area contributed by atoms with Gasteiger partial charge in [0.15, 0.2) is 0 Å². The largest absolute Gasteiger partial charge is 0.448 e. The number of piperidine rings is 1. The minimum Gasteiger partial charge on any atom is -0.448 e. The van der Waals surface area contributed by atoms with Gasteiger partial charge in [0.25, 0.3) is 0 Å². The van der Waals surface area contributed by atoms with Crippen LogP contribution < -0.4 is 10.6 Å². The van der Waals surface area contributed by atoms with Crippen LogP contribution in [0.2, 0.25) is 0 Å². The fourth-order valence-corrected chi connectivity index (χ4v) is 4.82. The maximum atomic E-state index is 12.8. The minimum atomic E-state index is -0.289. The zero-order valence-corrected chi connectivity index (χ0v) is 19.7. The molecule has 1 aliphatic rings. The molecule has 0 aliphatic carbocycles. The summed E-state index contributed by atoms with van der Waals surface area (Å²) in [5.74, 6) is 0. The highest BCUT2D eigenvalue weighted by Crippen LogP contribution is 2.25. The van der Waals surface area contributed by atoms with E-state index in [-0.39, 0.29) is 17.8 Å². The number of rotatable bonds is 7. The lowest BCUT2D eigenvalue weighted by molar-refractivity contribution is 0.0904. The summed E-state index contributed by atoms with van der Waals surface area (Å²) in [4.78, 5) is 32.2. The van der Waals surface area contributed by atoms with E-state index in [0.29, 0.717) is 26.2 Å². The van der Waals surface area contributed by atoms with E-state index >= 15 is 0 Å². The maximum absolute atomic E-state index is 12.8. The van der Waals surface area contributed by atoms with Crippen molar-refractivity contribution in [2.75, 3.05) is 31.1 Å². The van der Waals surface area contributed by atoms with Gasteiger partial charge in [0.05, 0.1) is 17.6 Å². The summed E-state index contributed by atoms with van der Waals surface area (Å²) in [6.07, 6.45) is 1.16. The number of para-hydroxylation sites is 3. The molecule has 35 heavy (non-hydrogen) atoms. The Balaban J connectivity index is 1.16. The Morgan fingerprint density at radius 2 is 1.57 bits per heavy atom. The second-order valence-electron chi connectivity index (χ2n) is 8.89. The first-order chi connectivity index (χ1) is 17.2. The van der Waals surface area contributed by atoms with Crippen LogP contribution in [0.25, 0.3) is 11.0 Å². The fourth-order valence-electron chi connectivity index (χ4n) is 4.82. The van der Waals surface area contributed by atoms with Crippen molar-refractivity contribution in [3.8, 4) is 0 Å². The van der Waals surface area contributed by atoms with Crippen LogP contribution in [0.15, 0.2) is 89.7 Å². The highest BCUT2D eigenvalue weighted by molar-refractivity contribution is 5.75. The maximum Gasteiger partial charge on any atom is 0.409 e. The number of benzene rings is 3. The zero-order chi connectivity index (χ0) is 24.0. The third kappa shape index (κ3) is 5.24. The number of imidazole rings is 1. The van der Waals surface area contributed by atoms with Crippen molar-refractivity contribution in [3.63, 3.8) is 0 Å². The number of nitrogens with zero attached hydrogens (tertiary/aromatic N) is 3. The van der Waals surface area contributed by atoms with E-state index < -0.39 is 0 Å². The van der Waals surface area contributed by atoms with Crippen molar-refractivity contribution in [3.05, 3.63) is 101 Å². The molecular weight excluding hydrogens is 440 g/mol. The standard InChI is InChI=1S/C28H30N4O3/c33-27-29-25-13-7-8-14-26(25)32(27)24-15-17-30(18-16-24)28(34)35-20-19-31(23-11-5-2-6-12-23)21-22-9-3-1-4-10-22/h1-14,24H,15-21H2,(H,29,33). The number of carbonyl (C=O) groups is 1. The normalized spacial score (nSPS) is 14.2. The predicted molar refractivity (Wildman–Crippen MR) is 138 cm³/mol. The summed E-state index contributed by atoms with van der Waals surface area (Å²) in [5, 5.41) is 0.